The van der Waals surface area contributed by atoms with E-state index in [1.807, 2.05) is 0 Å². The van der Waals surface area contributed by atoms with E-state index >= 15 is 0 Å². The molecule has 2 bridgehead atoms. The second-order valence-corrected chi connectivity index (χ2v) is 5.63. The second kappa shape index (κ2) is 4.02. The van der Waals surface area contributed by atoms with Crippen molar-refractivity contribution in [1.29, 1.82) is 0 Å². The first kappa shape index (κ1) is 10.6. The molecule has 2 aliphatic heterocycles. The first-order valence-electron chi connectivity index (χ1n) is 6.91. The summed E-state index contributed by atoms with van der Waals surface area (Å²) >= 11 is 0. The van der Waals surface area contributed by atoms with E-state index in [9.17, 15) is 4.79 Å². The minimum Gasteiger partial charge on any atom is -0.323 e. The van der Waals surface area contributed by atoms with Crippen LogP contribution in [0.2, 0.25) is 0 Å². The van der Waals surface area contributed by atoms with E-state index in [1.165, 1.54) is 51.4 Å². The Labute approximate surface area is 97.6 Å². The Morgan fingerprint density at radius 1 is 1.06 bits per heavy atom. The Kier molecular flexibility index (Phi) is 2.66. The van der Waals surface area contributed by atoms with Gasteiger partial charge in [-0.1, -0.05) is 19.3 Å². The van der Waals surface area contributed by atoms with Crippen LogP contribution in [0.25, 0.3) is 0 Å². The molecule has 1 spiro atoms. The molecular formula is C13H22N2O. The number of amides is 1. The summed E-state index contributed by atoms with van der Waals surface area (Å²) in [6.45, 7) is 0.988. The third-order valence-electron chi connectivity index (χ3n) is 4.58. The van der Waals surface area contributed by atoms with Crippen LogP contribution in [0.5, 0.6) is 0 Å². The SMILES string of the molecule is O=C1C2CCCCCN1C1(CCCCC1)N2. The lowest BCUT2D eigenvalue weighted by Crippen LogP contribution is -2.53. The average Bonchev–Trinajstić information content (AvgIpc) is 2.57. The van der Waals surface area contributed by atoms with Crippen LogP contribution in [0.15, 0.2) is 0 Å². The summed E-state index contributed by atoms with van der Waals surface area (Å²) in [4.78, 5) is 14.5. The zero-order valence-corrected chi connectivity index (χ0v) is 10.0. The molecule has 90 valence electrons. The molecule has 3 fully saturated rings. The summed E-state index contributed by atoms with van der Waals surface area (Å²) in [5, 5.41) is 3.67. The lowest BCUT2D eigenvalue weighted by molar-refractivity contribution is -0.133. The molecule has 2 saturated heterocycles. The van der Waals surface area contributed by atoms with Crippen molar-refractivity contribution in [1.82, 2.24) is 10.2 Å². The first-order valence-corrected chi connectivity index (χ1v) is 6.91. The molecule has 1 saturated carbocycles. The minimum atomic E-state index is 0.0599. The van der Waals surface area contributed by atoms with E-state index in [0.717, 1.165) is 13.0 Å². The van der Waals surface area contributed by atoms with Gasteiger partial charge in [-0.15, -0.1) is 0 Å². The fourth-order valence-corrected chi connectivity index (χ4v) is 3.73. The number of carbonyl (C=O) groups excluding carboxylic acids is 1. The molecule has 0 aromatic carbocycles. The molecule has 3 nitrogen and oxygen atoms in total. The van der Waals surface area contributed by atoms with Crippen molar-refractivity contribution in [2.45, 2.75) is 69.5 Å². The van der Waals surface area contributed by atoms with E-state index in [1.54, 1.807) is 0 Å². The van der Waals surface area contributed by atoms with Gasteiger partial charge in [0.1, 0.15) is 0 Å². The summed E-state index contributed by atoms with van der Waals surface area (Å²) in [5.74, 6) is 0.390. The molecule has 1 N–H and O–H groups in total. The van der Waals surface area contributed by atoms with E-state index in [4.69, 9.17) is 0 Å². The van der Waals surface area contributed by atoms with Crippen LogP contribution in [0, 0.1) is 0 Å². The second-order valence-electron chi connectivity index (χ2n) is 5.63. The van der Waals surface area contributed by atoms with Crippen molar-refractivity contribution in [2.75, 3.05) is 6.54 Å². The van der Waals surface area contributed by atoms with Crippen LogP contribution in [0.1, 0.15) is 57.8 Å². The number of rotatable bonds is 0. The van der Waals surface area contributed by atoms with Crippen LogP contribution in [-0.4, -0.2) is 29.1 Å². The normalized spacial score (nSPS) is 33.9. The molecule has 16 heavy (non-hydrogen) atoms. The number of nitrogens with zero attached hydrogens (tertiary/aromatic N) is 1. The third-order valence-corrected chi connectivity index (χ3v) is 4.58. The molecule has 3 rings (SSSR count). The highest BCUT2D eigenvalue weighted by Crippen LogP contribution is 2.38. The number of nitrogens with one attached hydrogen (secondary N) is 1. The predicted molar refractivity (Wildman–Crippen MR) is 62.9 cm³/mol. The van der Waals surface area contributed by atoms with Crippen molar-refractivity contribution in [3.8, 4) is 0 Å². The molecule has 1 amide bonds. The van der Waals surface area contributed by atoms with Crippen molar-refractivity contribution in [3.05, 3.63) is 0 Å². The van der Waals surface area contributed by atoms with Gasteiger partial charge in [0.2, 0.25) is 5.91 Å². The van der Waals surface area contributed by atoms with Crippen LogP contribution < -0.4 is 5.32 Å². The van der Waals surface area contributed by atoms with Gasteiger partial charge in [-0.05, 0) is 38.5 Å². The van der Waals surface area contributed by atoms with Gasteiger partial charge < -0.3 is 4.90 Å². The molecule has 0 radical (unpaired) electrons. The summed E-state index contributed by atoms with van der Waals surface area (Å²) in [5.41, 5.74) is 0.0599. The molecule has 2 heterocycles. The summed E-state index contributed by atoms with van der Waals surface area (Å²) in [6, 6.07) is 0.137. The van der Waals surface area contributed by atoms with E-state index < -0.39 is 0 Å². The van der Waals surface area contributed by atoms with Crippen molar-refractivity contribution < 1.29 is 4.79 Å². The average molecular weight is 222 g/mol. The highest BCUT2D eigenvalue weighted by atomic mass is 16.2. The largest absolute Gasteiger partial charge is 0.323 e. The fourth-order valence-electron chi connectivity index (χ4n) is 3.73. The quantitative estimate of drug-likeness (QED) is 0.680. The highest BCUT2D eigenvalue weighted by molar-refractivity contribution is 5.85. The lowest BCUT2D eigenvalue weighted by Gasteiger charge is -2.41. The van der Waals surface area contributed by atoms with Gasteiger partial charge in [-0.25, -0.2) is 0 Å². The monoisotopic (exact) mass is 222 g/mol. The summed E-state index contributed by atoms with van der Waals surface area (Å²) in [6.07, 6.45) is 11.0. The Morgan fingerprint density at radius 2 is 1.81 bits per heavy atom. The molecular weight excluding hydrogens is 200 g/mol. The van der Waals surface area contributed by atoms with Crippen molar-refractivity contribution in [3.63, 3.8) is 0 Å². The Hall–Kier alpha value is -0.570. The lowest BCUT2D eigenvalue weighted by atomic mass is 9.88. The van der Waals surface area contributed by atoms with Gasteiger partial charge in [0, 0.05) is 6.54 Å². The topological polar surface area (TPSA) is 32.3 Å². The van der Waals surface area contributed by atoms with Crippen molar-refractivity contribution in [2.24, 2.45) is 0 Å². The minimum absolute atomic E-state index is 0.0599. The third kappa shape index (κ3) is 1.56. The van der Waals surface area contributed by atoms with Gasteiger partial charge in [0.25, 0.3) is 0 Å². The van der Waals surface area contributed by atoms with Crippen LogP contribution in [0.4, 0.5) is 0 Å². The van der Waals surface area contributed by atoms with Gasteiger partial charge in [0.05, 0.1) is 11.7 Å². The highest BCUT2D eigenvalue weighted by Gasteiger charge is 2.50. The van der Waals surface area contributed by atoms with E-state index in [2.05, 4.69) is 10.2 Å². The molecule has 0 aromatic heterocycles. The van der Waals surface area contributed by atoms with Crippen LogP contribution in [-0.2, 0) is 4.79 Å². The van der Waals surface area contributed by atoms with E-state index in [-0.39, 0.29) is 11.7 Å². The summed E-state index contributed by atoms with van der Waals surface area (Å²) < 4.78 is 0. The van der Waals surface area contributed by atoms with Crippen LogP contribution >= 0.6 is 0 Å². The molecule has 1 unspecified atom stereocenters. The van der Waals surface area contributed by atoms with Gasteiger partial charge >= 0.3 is 0 Å². The summed E-state index contributed by atoms with van der Waals surface area (Å²) in [7, 11) is 0. The molecule has 0 aromatic rings. The number of hydrogen-bond acceptors (Lipinski definition) is 2. The van der Waals surface area contributed by atoms with Gasteiger partial charge in [0.15, 0.2) is 0 Å². The Balaban J connectivity index is 1.86. The van der Waals surface area contributed by atoms with Crippen LogP contribution in [0.3, 0.4) is 0 Å². The Morgan fingerprint density at radius 3 is 2.62 bits per heavy atom. The Bertz CT molecular complexity index is 284. The molecule has 3 heteroatoms. The predicted octanol–water partition coefficient (Wildman–Crippen LogP) is 2.02. The standard InChI is InChI=1S/C13H22N2O/c16-12-11-7-3-1-6-10-15(12)13(14-11)8-4-2-5-9-13/h11,14H,1-10H2. The number of hydrogen-bond donors (Lipinski definition) is 1. The first-order chi connectivity index (χ1) is 7.82. The van der Waals surface area contributed by atoms with Gasteiger partial charge in [-0.3, -0.25) is 10.1 Å². The van der Waals surface area contributed by atoms with Crippen molar-refractivity contribution >= 4 is 5.91 Å². The molecule has 1 aliphatic carbocycles. The smallest absolute Gasteiger partial charge is 0.241 e. The fraction of sp³-hybridized carbons (Fsp3) is 0.923. The maximum Gasteiger partial charge on any atom is 0.241 e. The zero-order valence-electron chi connectivity index (χ0n) is 10.0. The molecule has 1 atom stereocenters. The number of fused-ring (bicyclic) bond motifs is 3. The maximum atomic E-state index is 12.3. The molecule has 3 aliphatic rings. The maximum absolute atomic E-state index is 12.3. The zero-order chi connectivity index (χ0) is 11.0. The number of carbonyl (C=O) groups is 1. The van der Waals surface area contributed by atoms with E-state index in [0.29, 0.717) is 5.91 Å². The van der Waals surface area contributed by atoms with Gasteiger partial charge in [-0.2, -0.15) is 0 Å².